The Morgan fingerprint density at radius 2 is 1.95 bits per heavy atom. The van der Waals surface area contributed by atoms with Gasteiger partial charge in [0, 0.05) is 5.56 Å². The molecule has 2 unspecified atom stereocenters. The lowest BCUT2D eigenvalue weighted by Gasteiger charge is -2.19. The van der Waals surface area contributed by atoms with E-state index in [1.165, 1.54) is 0 Å². The van der Waals surface area contributed by atoms with Crippen molar-refractivity contribution in [2.75, 3.05) is 6.61 Å². The molecule has 1 rings (SSSR count). The number of esters is 1. The Morgan fingerprint density at radius 1 is 1.33 bits per heavy atom. The summed E-state index contributed by atoms with van der Waals surface area (Å²) >= 11 is 0. The Balaban J connectivity index is 2.95. The summed E-state index contributed by atoms with van der Waals surface area (Å²) in [4.78, 5) is 11.2. The summed E-state index contributed by atoms with van der Waals surface area (Å²) in [7, 11) is 0. The van der Waals surface area contributed by atoms with Gasteiger partial charge >= 0.3 is 12.1 Å². The number of benzene rings is 1. The van der Waals surface area contributed by atoms with Crippen molar-refractivity contribution in [2.45, 2.75) is 31.7 Å². The van der Waals surface area contributed by atoms with Crippen LogP contribution >= 0.6 is 0 Å². The first-order valence-corrected chi connectivity index (χ1v) is 6.08. The molecule has 21 heavy (non-hydrogen) atoms. The fourth-order valence-corrected chi connectivity index (χ4v) is 1.68. The summed E-state index contributed by atoms with van der Waals surface area (Å²) < 4.78 is 42.3. The highest BCUT2D eigenvalue weighted by molar-refractivity contribution is 5.70. The number of alkyl halides is 3. The first kappa shape index (κ1) is 17.3. The molecule has 0 saturated carbocycles. The van der Waals surface area contributed by atoms with E-state index in [1.807, 2.05) is 0 Å². The zero-order valence-corrected chi connectivity index (χ0v) is 11.1. The average Bonchev–Trinajstić information content (AvgIpc) is 2.37. The molecule has 0 heterocycles. The number of hydrogen-bond acceptors (Lipinski definition) is 5. The summed E-state index contributed by atoms with van der Waals surface area (Å²) in [6, 6.07) is 1.93. The number of phenolic OH excluding ortho intramolecular Hbond substituents is 1. The van der Waals surface area contributed by atoms with Gasteiger partial charge < -0.3 is 20.1 Å². The third kappa shape index (κ3) is 4.61. The average molecular weight is 308 g/mol. The summed E-state index contributed by atoms with van der Waals surface area (Å²) in [5.41, 5.74) is -1.60. The normalized spacial score (nSPS) is 14.6. The molecule has 118 valence electrons. The second-order valence-electron chi connectivity index (χ2n) is 4.29. The lowest BCUT2D eigenvalue weighted by molar-refractivity contribution is -0.147. The van der Waals surface area contributed by atoms with Gasteiger partial charge in [-0.2, -0.15) is 13.2 Å². The highest BCUT2D eigenvalue weighted by Gasteiger charge is 2.33. The smallest absolute Gasteiger partial charge is 0.416 e. The van der Waals surface area contributed by atoms with E-state index in [2.05, 4.69) is 4.74 Å². The summed E-state index contributed by atoms with van der Waals surface area (Å²) in [5.74, 6) is -1.42. The maximum absolute atomic E-state index is 12.6. The van der Waals surface area contributed by atoms with E-state index < -0.39 is 47.7 Å². The monoisotopic (exact) mass is 308 g/mol. The van der Waals surface area contributed by atoms with E-state index >= 15 is 0 Å². The molecule has 8 heteroatoms. The van der Waals surface area contributed by atoms with Gasteiger partial charge in [-0.05, 0) is 25.1 Å². The molecule has 0 spiro atoms. The predicted octanol–water partition coefficient (Wildman–Crippen LogP) is 1.76. The highest BCUT2D eigenvalue weighted by Crippen LogP contribution is 2.35. The molecule has 0 aliphatic heterocycles. The van der Waals surface area contributed by atoms with Crippen LogP contribution in [0.5, 0.6) is 5.75 Å². The molecule has 0 aliphatic rings. The van der Waals surface area contributed by atoms with Crippen molar-refractivity contribution < 1.29 is 38.0 Å². The number of rotatable bonds is 5. The summed E-state index contributed by atoms with van der Waals surface area (Å²) in [6.45, 7) is 1.61. The van der Waals surface area contributed by atoms with E-state index in [4.69, 9.17) is 0 Å². The molecule has 2 atom stereocenters. The van der Waals surface area contributed by atoms with Crippen LogP contribution in [-0.2, 0) is 15.7 Å². The van der Waals surface area contributed by atoms with E-state index in [-0.39, 0.29) is 6.61 Å². The molecule has 1 aromatic rings. The number of carbonyl (C=O) groups is 1. The van der Waals surface area contributed by atoms with Crippen molar-refractivity contribution in [1.82, 2.24) is 0 Å². The molecule has 0 bridgehead atoms. The van der Waals surface area contributed by atoms with Crippen LogP contribution in [0.3, 0.4) is 0 Å². The molecule has 0 fully saturated rings. The Bertz CT molecular complexity index is 501. The molecular formula is C13H15F3O5. The van der Waals surface area contributed by atoms with Crippen molar-refractivity contribution in [1.29, 1.82) is 0 Å². The minimum atomic E-state index is -4.66. The Kier molecular flexibility index (Phi) is 5.56. The summed E-state index contributed by atoms with van der Waals surface area (Å²) in [6.07, 6.45) is -8.81. The third-order valence-electron chi connectivity index (χ3n) is 2.72. The van der Waals surface area contributed by atoms with Crippen molar-refractivity contribution >= 4 is 5.97 Å². The molecule has 0 saturated heterocycles. The van der Waals surface area contributed by atoms with Crippen molar-refractivity contribution in [2.24, 2.45) is 0 Å². The van der Waals surface area contributed by atoms with Gasteiger partial charge in [0.1, 0.15) is 11.9 Å². The van der Waals surface area contributed by atoms with Gasteiger partial charge in [0.15, 0.2) is 0 Å². The standard InChI is InChI=1S/C13H15F3O5/c1-2-21-11(19)6-10(18)12(20)8-5-7(13(14,15)16)3-4-9(8)17/h3-5,10,12,17-18,20H,2,6H2,1H3. The number of aliphatic hydroxyl groups is 2. The fourth-order valence-electron chi connectivity index (χ4n) is 1.68. The zero-order valence-electron chi connectivity index (χ0n) is 11.1. The van der Waals surface area contributed by atoms with Crippen LogP contribution in [0.1, 0.15) is 30.6 Å². The molecule has 3 N–H and O–H groups in total. The molecule has 0 amide bonds. The van der Waals surface area contributed by atoms with Crippen LogP contribution in [-0.4, -0.2) is 34.0 Å². The number of hydrogen-bond donors (Lipinski definition) is 3. The van der Waals surface area contributed by atoms with Crippen LogP contribution in [0, 0.1) is 0 Å². The van der Waals surface area contributed by atoms with Crippen molar-refractivity contribution in [3.05, 3.63) is 29.3 Å². The second kappa shape index (κ2) is 6.77. The SMILES string of the molecule is CCOC(=O)CC(O)C(O)c1cc(C(F)(F)F)ccc1O. The highest BCUT2D eigenvalue weighted by atomic mass is 19.4. The second-order valence-corrected chi connectivity index (χ2v) is 4.29. The van der Waals surface area contributed by atoms with Gasteiger partial charge in [0.05, 0.1) is 24.7 Å². The molecule has 5 nitrogen and oxygen atoms in total. The zero-order chi connectivity index (χ0) is 16.2. The number of aromatic hydroxyl groups is 1. The van der Waals surface area contributed by atoms with E-state index in [0.29, 0.717) is 12.1 Å². The van der Waals surface area contributed by atoms with Gasteiger partial charge in [-0.25, -0.2) is 0 Å². The van der Waals surface area contributed by atoms with Crippen LogP contribution < -0.4 is 0 Å². The lowest BCUT2D eigenvalue weighted by atomic mass is 9.99. The molecular weight excluding hydrogens is 293 g/mol. The van der Waals surface area contributed by atoms with Crippen LogP contribution in [0.15, 0.2) is 18.2 Å². The maximum atomic E-state index is 12.6. The predicted molar refractivity (Wildman–Crippen MR) is 65.3 cm³/mol. The van der Waals surface area contributed by atoms with Gasteiger partial charge in [-0.1, -0.05) is 0 Å². The van der Waals surface area contributed by atoms with Crippen LogP contribution in [0.25, 0.3) is 0 Å². The van der Waals surface area contributed by atoms with E-state index in [1.54, 1.807) is 6.92 Å². The minimum absolute atomic E-state index is 0.0659. The number of aliphatic hydroxyl groups excluding tert-OH is 2. The largest absolute Gasteiger partial charge is 0.508 e. The number of halogens is 3. The van der Waals surface area contributed by atoms with Crippen LogP contribution in [0.4, 0.5) is 13.2 Å². The van der Waals surface area contributed by atoms with Gasteiger partial charge in [-0.3, -0.25) is 4.79 Å². The first-order valence-electron chi connectivity index (χ1n) is 6.08. The molecule has 0 aliphatic carbocycles. The topological polar surface area (TPSA) is 87.0 Å². The maximum Gasteiger partial charge on any atom is 0.416 e. The summed E-state index contributed by atoms with van der Waals surface area (Å²) in [5, 5.41) is 28.9. The number of ether oxygens (including phenoxy) is 1. The Morgan fingerprint density at radius 3 is 2.48 bits per heavy atom. The molecule has 0 radical (unpaired) electrons. The third-order valence-corrected chi connectivity index (χ3v) is 2.72. The van der Waals surface area contributed by atoms with E-state index in [9.17, 15) is 33.3 Å². The minimum Gasteiger partial charge on any atom is -0.508 e. The fraction of sp³-hybridized carbons (Fsp3) is 0.462. The number of carbonyl (C=O) groups excluding carboxylic acids is 1. The first-order chi connectivity index (χ1) is 9.66. The molecule has 1 aromatic carbocycles. The van der Waals surface area contributed by atoms with Gasteiger partial charge in [0.2, 0.25) is 0 Å². The quantitative estimate of drug-likeness (QED) is 0.722. The van der Waals surface area contributed by atoms with E-state index in [0.717, 1.165) is 6.07 Å². The van der Waals surface area contributed by atoms with Gasteiger partial charge in [0.25, 0.3) is 0 Å². The van der Waals surface area contributed by atoms with Gasteiger partial charge in [-0.15, -0.1) is 0 Å². The number of phenols is 1. The Hall–Kier alpha value is -1.80. The van der Waals surface area contributed by atoms with Crippen LogP contribution in [0.2, 0.25) is 0 Å². The molecule has 0 aromatic heterocycles. The Labute approximate surface area is 118 Å². The lowest BCUT2D eigenvalue weighted by Crippen LogP contribution is -2.23. The van der Waals surface area contributed by atoms with Crippen molar-refractivity contribution in [3.63, 3.8) is 0 Å². The van der Waals surface area contributed by atoms with Crippen molar-refractivity contribution in [3.8, 4) is 5.75 Å².